The third-order valence-electron chi connectivity index (χ3n) is 4.28. The molecule has 0 radical (unpaired) electrons. The second kappa shape index (κ2) is 9.42. The molecular weight excluding hydrogens is 405 g/mol. The first-order valence-electron chi connectivity index (χ1n) is 8.84. The molecule has 7 nitrogen and oxygen atoms in total. The largest absolute Gasteiger partial charge is 0.432 e. The number of H-pyrrole nitrogens is 1. The highest BCUT2D eigenvalue weighted by Gasteiger charge is 2.32. The molecule has 29 heavy (non-hydrogen) atoms. The summed E-state index contributed by atoms with van der Waals surface area (Å²) in [5, 5.41) is 6.98. The van der Waals surface area contributed by atoms with Crippen molar-refractivity contribution in [2.45, 2.75) is 12.3 Å². The molecule has 2 aromatic heterocycles. The highest BCUT2D eigenvalue weighted by Crippen LogP contribution is 2.23. The molecule has 0 spiro atoms. The van der Waals surface area contributed by atoms with Crippen molar-refractivity contribution < 1.29 is 17.9 Å². The van der Waals surface area contributed by atoms with Gasteiger partial charge in [-0.2, -0.15) is 13.2 Å². The number of morpholine rings is 1. The number of aromatic nitrogens is 3. The van der Waals surface area contributed by atoms with Gasteiger partial charge in [0.1, 0.15) is 17.4 Å². The van der Waals surface area contributed by atoms with Crippen LogP contribution in [-0.2, 0) is 4.74 Å². The maximum Gasteiger partial charge on any atom is 0.432 e. The molecule has 11 heteroatoms. The number of halogens is 3. The maximum atomic E-state index is 12.4. The third kappa shape index (κ3) is 5.81. The number of rotatable bonds is 7. The van der Waals surface area contributed by atoms with Crippen molar-refractivity contribution in [3.05, 3.63) is 36.4 Å². The van der Waals surface area contributed by atoms with Crippen LogP contribution in [0.4, 0.5) is 19.0 Å². The van der Waals surface area contributed by atoms with Gasteiger partial charge in [-0.15, -0.1) is 0 Å². The van der Waals surface area contributed by atoms with Crippen LogP contribution in [-0.4, -0.2) is 65.4 Å². The Morgan fingerprint density at radius 3 is 3.07 bits per heavy atom. The van der Waals surface area contributed by atoms with Gasteiger partial charge in [0.15, 0.2) is 0 Å². The van der Waals surface area contributed by atoms with E-state index in [4.69, 9.17) is 10.1 Å². The van der Waals surface area contributed by atoms with E-state index in [2.05, 4.69) is 24.6 Å². The van der Waals surface area contributed by atoms with Gasteiger partial charge < -0.3 is 14.6 Å². The Morgan fingerprint density at radius 2 is 2.31 bits per heavy atom. The van der Waals surface area contributed by atoms with Crippen LogP contribution in [0.2, 0.25) is 0 Å². The van der Waals surface area contributed by atoms with Gasteiger partial charge in [0, 0.05) is 31.4 Å². The zero-order valence-corrected chi connectivity index (χ0v) is 16.5. The number of hydrogen-bond donors (Lipinski definition) is 3. The van der Waals surface area contributed by atoms with Crippen LogP contribution in [0.15, 0.2) is 30.6 Å². The van der Waals surface area contributed by atoms with Gasteiger partial charge in [-0.25, -0.2) is 9.97 Å². The number of aromatic amines is 1. The molecule has 0 aliphatic carbocycles. The molecule has 1 aliphatic heterocycles. The van der Waals surface area contributed by atoms with Crippen LogP contribution in [0.5, 0.6) is 0 Å². The molecule has 3 rings (SSSR count). The quantitative estimate of drug-likeness (QED) is 0.466. The lowest BCUT2D eigenvalue weighted by molar-refractivity contribution is -0.0583. The fourth-order valence-corrected chi connectivity index (χ4v) is 3.16. The number of ether oxygens (including phenoxy) is 1. The summed E-state index contributed by atoms with van der Waals surface area (Å²) in [5.74, 6) is 1.03. The lowest BCUT2D eigenvalue weighted by Crippen LogP contribution is -2.46. The van der Waals surface area contributed by atoms with Crippen molar-refractivity contribution in [3.63, 3.8) is 0 Å². The number of nitrogens with zero attached hydrogens (tertiary/aromatic N) is 3. The summed E-state index contributed by atoms with van der Waals surface area (Å²) in [6, 6.07) is 3.71. The van der Waals surface area contributed by atoms with Crippen LogP contribution in [0, 0.1) is 5.41 Å². The van der Waals surface area contributed by atoms with Crippen LogP contribution in [0.25, 0.3) is 17.3 Å². The molecule has 3 N–H and O–H groups in total. The van der Waals surface area contributed by atoms with Crippen LogP contribution in [0.1, 0.15) is 5.82 Å². The van der Waals surface area contributed by atoms with Crippen molar-refractivity contribution in [3.8, 4) is 11.3 Å². The summed E-state index contributed by atoms with van der Waals surface area (Å²) in [5.41, 5.74) is 0.0403. The normalized spacial score (nSPS) is 17.8. The van der Waals surface area contributed by atoms with Gasteiger partial charge in [-0.1, -0.05) is 11.9 Å². The standard InChI is InChI=1S/C18H21F3N6OS/c1-29-25-9-13-11-27(6-7-28-13)17-8-12(4-5-23-17)14-10-24-16(26-14)3-2-15(22)18(19,20)21/h2-5,8,10,13,22,25H,6-7,9,11H2,1H3,(H,24,26)/b3-2-,22-15?. The molecule has 0 amide bonds. The van der Waals surface area contributed by atoms with E-state index < -0.39 is 11.9 Å². The lowest BCUT2D eigenvalue weighted by Gasteiger charge is -2.33. The zero-order chi connectivity index (χ0) is 20.9. The molecule has 3 heterocycles. The number of alkyl halides is 3. The van der Waals surface area contributed by atoms with E-state index in [-0.39, 0.29) is 11.9 Å². The molecular formula is C18H21F3N6OS. The Morgan fingerprint density at radius 1 is 1.48 bits per heavy atom. The Kier molecular flexibility index (Phi) is 6.93. The summed E-state index contributed by atoms with van der Waals surface area (Å²) in [6.07, 6.45) is 2.39. The van der Waals surface area contributed by atoms with Crippen molar-refractivity contribution >= 4 is 29.6 Å². The molecule has 0 saturated carbocycles. The zero-order valence-electron chi connectivity index (χ0n) is 15.7. The van der Waals surface area contributed by atoms with E-state index in [1.165, 1.54) is 0 Å². The van der Waals surface area contributed by atoms with Gasteiger partial charge in [0.2, 0.25) is 0 Å². The fourth-order valence-electron chi connectivity index (χ4n) is 2.81. The number of imidazole rings is 1. The third-order valence-corrected chi connectivity index (χ3v) is 4.74. The van der Waals surface area contributed by atoms with Gasteiger partial charge in [-0.3, -0.25) is 10.1 Å². The maximum absolute atomic E-state index is 12.4. The van der Waals surface area contributed by atoms with E-state index in [0.717, 1.165) is 30.5 Å². The van der Waals surface area contributed by atoms with Gasteiger partial charge in [0.05, 0.1) is 24.6 Å². The Bertz CT molecular complexity index is 869. The lowest BCUT2D eigenvalue weighted by atomic mass is 10.2. The Hall–Kier alpha value is -2.37. The second-order valence-corrected chi connectivity index (χ2v) is 7.02. The average Bonchev–Trinajstić information content (AvgIpc) is 3.19. The van der Waals surface area contributed by atoms with Crippen molar-refractivity contribution in [1.29, 1.82) is 5.41 Å². The predicted molar refractivity (Wildman–Crippen MR) is 108 cm³/mol. The summed E-state index contributed by atoms with van der Waals surface area (Å²) in [4.78, 5) is 13.6. The van der Waals surface area contributed by atoms with E-state index in [1.807, 2.05) is 12.3 Å². The van der Waals surface area contributed by atoms with Crippen molar-refractivity contribution in [2.75, 3.05) is 37.4 Å². The molecule has 0 aromatic carbocycles. The summed E-state index contributed by atoms with van der Waals surface area (Å²) in [6.45, 7) is 2.78. The SMILES string of the molecule is CSNCC1CN(c2cc(-c3cnc(/C=C\C(=N)C(F)(F)F)[nH]3)ccn2)CCO1. The van der Waals surface area contributed by atoms with Crippen molar-refractivity contribution in [2.24, 2.45) is 0 Å². The van der Waals surface area contributed by atoms with Gasteiger partial charge in [-0.05, 0) is 30.5 Å². The number of hydrogen-bond acceptors (Lipinski definition) is 7. The number of nitrogens with one attached hydrogen (secondary N) is 3. The number of pyridine rings is 1. The first-order valence-corrected chi connectivity index (χ1v) is 10.1. The van der Waals surface area contributed by atoms with Gasteiger partial charge >= 0.3 is 6.18 Å². The van der Waals surface area contributed by atoms with E-state index in [9.17, 15) is 13.2 Å². The first-order chi connectivity index (χ1) is 13.9. The summed E-state index contributed by atoms with van der Waals surface area (Å²) >= 11 is 1.54. The molecule has 1 atom stereocenters. The highest BCUT2D eigenvalue weighted by atomic mass is 32.2. The van der Waals surface area contributed by atoms with Gasteiger partial charge in [0.25, 0.3) is 0 Å². The van der Waals surface area contributed by atoms with Crippen molar-refractivity contribution in [1.82, 2.24) is 19.7 Å². The number of anilines is 1. The molecule has 1 saturated heterocycles. The minimum absolute atomic E-state index is 0.0644. The first kappa shape index (κ1) is 21.3. The van der Waals surface area contributed by atoms with Crippen LogP contribution in [0.3, 0.4) is 0 Å². The highest BCUT2D eigenvalue weighted by molar-refractivity contribution is 7.96. The monoisotopic (exact) mass is 426 g/mol. The number of allylic oxidation sites excluding steroid dienone is 1. The molecule has 156 valence electrons. The molecule has 1 unspecified atom stereocenters. The van der Waals surface area contributed by atoms with E-state index in [0.29, 0.717) is 24.9 Å². The smallest absolute Gasteiger partial charge is 0.373 e. The molecule has 2 aromatic rings. The summed E-state index contributed by atoms with van der Waals surface area (Å²) < 4.78 is 46.2. The average molecular weight is 426 g/mol. The molecule has 1 fully saturated rings. The predicted octanol–water partition coefficient (Wildman–Crippen LogP) is 3.14. The molecule has 1 aliphatic rings. The minimum atomic E-state index is -4.67. The Labute approximate surface area is 170 Å². The topological polar surface area (TPSA) is 89.9 Å². The second-order valence-electron chi connectivity index (χ2n) is 6.32. The Balaban J connectivity index is 1.71. The summed E-state index contributed by atoms with van der Waals surface area (Å²) in [7, 11) is 0. The molecule has 0 bridgehead atoms. The minimum Gasteiger partial charge on any atom is -0.373 e. The van der Waals surface area contributed by atoms with Crippen LogP contribution < -0.4 is 9.62 Å². The van der Waals surface area contributed by atoms with E-state index >= 15 is 0 Å². The van der Waals surface area contributed by atoms with Crippen LogP contribution >= 0.6 is 11.9 Å². The van der Waals surface area contributed by atoms with E-state index in [1.54, 1.807) is 30.4 Å². The fraction of sp³-hybridized carbons (Fsp3) is 0.389.